The maximum Gasteiger partial charge on any atom is 0.460 e. The van der Waals surface area contributed by atoms with E-state index in [0.717, 1.165) is 13.2 Å². The number of rotatable bonds is 6. The van der Waals surface area contributed by atoms with Crippen molar-refractivity contribution < 1.29 is 57.4 Å². The minimum Gasteiger partial charge on any atom is -0.372 e. The summed E-state index contributed by atoms with van der Waals surface area (Å²) in [4.78, 5) is 5.68. The quantitative estimate of drug-likeness (QED) is 0.139. The van der Waals surface area contributed by atoms with Crippen LogP contribution in [-0.2, 0) is 26.5 Å². The van der Waals surface area contributed by atoms with Gasteiger partial charge in [0.25, 0.3) is 0 Å². The van der Waals surface area contributed by atoms with Gasteiger partial charge in [-0.25, -0.2) is 0 Å². The fraction of sp³-hybridized carbons (Fsp3) is 0.368. The van der Waals surface area contributed by atoms with Gasteiger partial charge in [-0.3, -0.25) is 0 Å². The standard InChI is InChI=1S/C18H15S.C13H19OS.C5H3F9.C2H3F3/c1-4-10-16(11-5-1)19(17-12-6-2-7-13-17)18-14-8-3-9-15-18;1-10-8-11(2)13(12(3)9-10)15-6-4-14-5-7-15;1-2(6,7)3(8,9)4(10,11)5(12,13)14;1-2(3,4)5/h1-15H;8-9H,4-7H2,1-3H3;1H3;1H3/q2*+1;;. The van der Waals surface area contributed by atoms with E-state index in [-0.39, 0.29) is 17.8 Å². The normalized spacial score (nSPS) is 14.2. The number of hydrogen-bond donors (Lipinski definition) is 0. The molecule has 1 fully saturated rings. The Morgan fingerprint density at radius 1 is 0.528 bits per heavy atom. The summed E-state index contributed by atoms with van der Waals surface area (Å²) in [6.45, 7) is 8.03. The Balaban J connectivity index is 0.000000262. The van der Waals surface area contributed by atoms with Gasteiger partial charge in [-0.2, -0.15) is 52.7 Å². The molecule has 1 heterocycles. The van der Waals surface area contributed by atoms with E-state index in [1.54, 1.807) is 4.90 Å². The molecular formula is C38H40F12OS2+2. The third-order valence-corrected chi connectivity index (χ3v) is 11.9. The molecule has 0 spiro atoms. The smallest absolute Gasteiger partial charge is 0.372 e. The van der Waals surface area contributed by atoms with Gasteiger partial charge < -0.3 is 4.74 Å². The Morgan fingerprint density at radius 2 is 0.849 bits per heavy atom. The van der Waals surface area contributed by atoms with E-state index in [4.69, 9.17) is 4.74 Å². The largest absolute Gasteiger partial charge is 0.460 e. The van der Waals surface area contributed by atoms with Crippen molar-refractivity contribution in [3.8, 4) is 0 Å². The highest BCUT2D eigenvalue weighted by Gasteiger charge is 2.80. The van der Waals surface area contributed by atoms with Crippen LogP contribution in [-0.4, -0.2) is 54.8 Å². The molecule has 5 rings (SSSR count). The Hall–Kier alpha value is -3.30. The van der Waals surface area contributed by atoms with E-state index < -0.39 is 37.0 Å². The van der Waals surface area contributed by atoms with E-state index in [1.807, 2.05) is 0 Å². The molecule has 53 heavy (non-hydrogen) atoms. The van der Waals surface area contributed by atoms with Crippen molar-refractivity contribution in [2.24, 2.45) is 0 Å². The summed E-state index contributed by atoms with van der Waals surface area (Å²) in [6.07, 6.45) is -10.7. The van der Waals surface area contributed by atoms with Crippen molar-refractivity contribution in [1.29, 1.82) is 0 Å². The van der Waals surface area contributed by atoms with Crippen LogP contribution in [0.15, 0.2) is 123 Å². The average molecular weight is 805 g/mol. The molecule has 0 saturated carbocycles. The third kappa shape index (κ3) is 13.8. The monoisotopic (exact) mass is 804 g/mol. The molecule has 1 saturated heterocycles. The lowest BCUT2D eigenvalue weighted by Crippen LogP contribution is -2.59. The molecule has 1 aliphatic rings. The molecule has 0 aliphatic carbocycles. The predicted octanol–water partition coefficient (Wildman–Crippen LogP) is 12.4. The Bertz CT molecular complexity index is 1510. The number of aryl methyl sites for hydroxylation is 3. The van der Waals surface area contributed by atoms with Crippen LogP contribution >= 0.6 is 0 Å². The SMILES string of the molecule is CC(F)(F)C(F)(F)C(F)(F)C(F)(F)F.CC(F)(F)F.Cc1cc(C)c([S+]2CCOCC2)c(C)c1.c1ccc([S+](c2ccccc2)c2ccccc2)cc1. The molecule has 0 atom stereocenters. The van der Waals surface area contributed by atoms with Crippen molar-refractivity contribution in [1.82, 2.24) is 0 Å². The Labute approximate surface area is 307 Å². The van der Waals surface area contributed by atoms with E-state index >= 15 is 0 Å². The summed E-state index contributed by atoms with van der Waals surface area (Å²) in [5.41, 5.74) is 4.32. The lowest BCUT2D eigenvalue weighted by atomic mass is 10.1. The van der Waals surface area contributed by atoms with Crippen LogP contribution < -0.4 is 0 Å². The first-order chi connectivity index (χ1) is 24.4. The molecule has 0 bridgehead atoms. The van der Waals surface area contributed by atoms with Gasteiger partial charge in [0.05, 0.1) is 24.1 Å². The highest BCUT2D eigenvalue weighted by Crippen LogP contribution is 2.52. The van der Waals surface area contributed by atoms with Gasteiger partial charge in [0, 0.05) is 35.9 Å². The third-order valence-electron chi connectivity index (χ3n) is 7.08. The second kappa shape index (κ2) is 19.3. The molecule has 1 aliphatic heterocycles. The summed E-state index contributed by atoms with van der Waals surface area (Å²) >= 11 is 0. The van der Waals surface area contributed by atoms with Crippen LogP contribution in [0.1, 0.15) is 30.5 Å². The Morgan fingerprint density at radius 3 is 1.11 bits per heavy atom. The second-order valence-electron chi connectivity index (χ2n) is 11.8. The zero-order valence-corrected chi connectivity index (χ0v) is 31.0. The van der Waals surface area contributed by atoms with Crippen molar-refractivity contribution in [3.63, 3.8) is 0 Å². The van der Waals surface area contributed by atoms with Gasteiger partial charge in [0.1, 0.15) is 11.5 Å². The maximum absolute atomic E-state index is 12.0. The topological polar surface area (TPSA) is 9.23 Å². The highest BCUT2D eigenvalue weighted by molar-refractivity contribution is 7.97. The van der Waals surface area contributed by atoms with Gasteiger partial charge in [-0.05, 0) is 57.2 Å². The summed E-state index contributed by atoms with van der Waals surface area (Å²) in [6, 6.07) is 36.8. The van der Waals surface area contributed by atoms with E-state index in [1.165, 1.54) is 42.9 Å². The van der Waals surface area contributed by atoms with Crippen LogP contribution in [0.25, 0.3) is 0 Å². The number of benzene rings is 4. The lowest BCUT2D eigenvalue weighted by Gasteiger charge is -2.31. The van der Waals surface area contributed by atoms with Gasteiger partial charge >= 0.3 is 30.1 Å². The van der Waals surface area contributed by atoms with Crippen LogP contribution in [0.4, 0.5) is 52.7 Å². The number of ether oxygens (including phenoxy) is 1. The molecule has 0 N–H and O–H groups in total. The second-order valence-corrected chi connectivity index (χ2v) is 16.0. The summed E-state index contributed by atoms with van der Waals surface area (Å²) in [7, 11) is 0.421. The van der Waals surface area contributed by atoms with Crippen LogP contribution in [0.5, 0.6) is 0 Å². The van der Waals surface area contributed by atoms with Gasteiger partial charge in [0.2, 0.25) is 0 Å². The van der Waals surface area contributed by atoms with Crippen LogP contribution in [0, 0.1) is 20.8 Å². The minimum atomic E-state index is -6.77. The van der Waals surface area contributed by atoms with E-state index in [2.05, 4.69) is 124 Å². The molecule has 292 valence electrons. The Kier molecular flexibility index (Phi) is 16.7. The van der Waals surface area contributed by atoms with Crippen molar-refractivity contribution >= 4 is 21.8 Å². The van der Waals surface area contributed by atoms with Gasteiger partial charge in [-0.15, -0.1) is 0 Å². The number of halogens is 12. The highest BCUT2D eigenvalue weighted by atomic mass is 32.2. The maximum atomic E-state index is 12.0. The summed E-state index contributed by atoms with van der Waals surface area (Å²) in [5, 5.41) is 0. The number of alkyl halides is 12. The van der Waals surface area contributed by atoms with Crippen LogP contribution in [0.2, 0.25) is 0 Å². The van der Waals surface area contributed by atoms with Crippen molar-refractivity contribution in [2.45, 2.75) is 84.3 Å². The molecule has 4 aromatic carbocycles. The zero-order valence-electron chi connectivity index (χ0n) is 29.4. The molecule has 15 heteroatoms. The van der Waals surface area contributed by atoms with Gasteiger partial charge in [-0.1, -0.05) is 72.3 Å². The first-order valence-corrected chi connectivity index (χ1v) is 18.7. The van der Waals surface area contributed by atoms with E-state index in [9.17, 15) is 52.7 Å². The molecule has 0 amide bonds. The zero-order chi connectivity index (χ0) is 40.3. The summed E-state index contributed by atoms with van der Waals surface area (Å²) in [5.74, 6) is -16.3. The fourth-order valence-electron chi connectivity index (χ4n) is 4.88. The first kappa shape index (κ1) is 45.9. The average Bonchev–Trinajstić information content (AvgIpc) is 3.05. The first-order valence-electron chi connectivity index (χ1n) is 15.9. The molecule has 0 unspecified atom stereocenters. The minimum absolute atomic E-state index is 0.0146. The molecular weight excluding hydrogens is 765 g/mol. The molecule has 0 radical (unpaired) electrons. The van der Waals surface area contributed by atoms with Crippen molar-refractivity contribution in [3.05, 3.63) is 120 Å². The van der Waals surface area contributed by atoms with E-state index in [0.29, 0.717) is 10.9 Å². The van der Waals surface area contributed by atoms with Crippen LogP contribution in [0.3, 0.4) is 0 Å². The molecule has 4 aromatic rings. The van der Waals surface area contributed by atoms with Crippen molar-refractivity contribution in [2.75, 3.05) is 24.7 Å². The molecule has 1 nitrogen and oxygen atoms in total. The fourth-order valence-corrected chi connectivity index (χ4v) is 9.26. The predicted molar refractivity (Wildman–Crippen MR) is 187 cm³/mol. The lowest BCUT2D eigenvalue weighted by molar-refractivity contribution is -0.393. The molecule has 0 aromatic heterocycles. The summed E-state index contributed by atoms with van der Waals surface area (Å²) < 4.78 is 142. The number of hydrogen-bond acceptors (Lipinski definition) is 1. The van der Waals surface area contributed by atoms with Gasteiger partial charge in [0.15, 0.2) is 19.6 Å².